The zero-order valence-electron chi connectivity index (χ0n) is 14.8. The minimum absolute atomic E-state index is 0.279. The summed E-state index contributed by atoms with van der Waals surface area (Å²) in [6.07, 6.45) is 6.32. The van der Waals surface area contributed by atoms with Gasteiger partial charge in [0.2, 0.25) is 0 Å². The first-order valence-corrected chi connectivity index (χ1v) is 12.2. The van der Waals surface area contributed by atoms with Crippen LogP contribution in [-0.2, 0) is 13.7 Å². The first-order chi connectivity index (χ1) is 11.0. The van der Waals surface area contributed by atoms with Gasteiger partial charge in [-0.1, -0.05) is 58.2 Å². The molecule has 134 valence electrons. The molecule has 5 heteroatoms. The Balaban J connectivity index is 3.04. The molecule has 0 aromatic heterocycles. The summed E-state index contributed by atoms with van der Waals surface area (Å²) in [5.41, 5.74) is 0. The van der Waals surface area contributed by atoms with E-state index in [-0.39, 0.29) is 4.90 Å². The molecule has 3 nitrogen and oxygen atoms in total. The predicted octanol–water partition coefficient (Wildman–Crippen LogP) is 5.51. The molecule has 0 saturated heterocycles. The summed E-state index contributed by atoms with van der Waals surface area (Å²) in [5.74, 6) is 2.70. The molecule has 0 spiro atoms. The Labute approximate surface area is 144 Å². The van der Waals surface area contributed by atoms with Gasteiger partial charge >= 0.3 is 10.1 Å². The van der Waals surface area contributed by atoms with Crippen molar-refractivity contribution < 1.29 is 12.0 Å². The number of hydrogen-bond donors (Lipinski definition) is 0. The molecule has 1 aromatic rings. The SMILES string of the molecule is CCCCS(CCCC)(CCCC)OS(=O)(=O)c1ccccc1. The molecule has 1 rings (SSSR count). The monoisotopic (exact) mass is 360 g/mol. The molecule has 0 aliphatic rings. The van der Waals surface area contributed by atoms with E-state index >= 15 is 0 Å². The Morgan fingerprint density at radius 1 is 0.783 bits per heavy atom. The third kappa shape index (κ3) is 6.86. The van der Waals surface area contributed by atoms with Gasteiger partial charge < -0.3 is 0 Å². The zero-order chi connectivity index (χ0) is 17.2. The average Bonchev–Trinajstić information content (AvgIpc) is 2.56. The van der Waals surface area contributed by atoms with Crippen LogP contribution < -0.4 is 0 Å². The van der Waals surface area contributed by atoms with Gasteiger partial charge in [-0.15, -0.1) is 10.3 Å². The Hall–Kier alpha value is -0.520. The standard InChI is InChI=1S/C18H32O3S2/c1-4-7-15-22(16-8-5-2,17-9-6-3)21-23(19,20)18-13-11-10-12-14-18/h10-14H,4-9,15-17H2,1-3H3. The molecule has 23 heavy (non-hydrogen) atoms. The maximum atomic E-state index is 12.7. The number of rotatable bonds is 12. The summed E-state index contributed by atoms with van der Waals surface area (Å²) in [6, 6.07) is 8.57. The molecule has 0 aliphatic heterocycles. The summed E-state index contributed by atoms with van der Waals surface area (Å²) in [7, 11) is -5.25. The van der Waals surface area contributed by atoms with Crippen LogP contribution in [0.4, 0.5) is 0 Å². The van der Waals surface area contributed by atoms with Gasteiger partial charge in [0, 0.05) is 17.3 Å². The topological polar surface area (TPSA) is 43.4 Å². The summed E-state index contributed by atoms with van der Waals surface area (Å²) in [4.78, 5) is 0.279. The molecular formula is C18H32O3S2. The van der Waals surface area contributed by atoms with Crippen LogP contribution in [0.2, 0.25) is 0 Å². The van der Waals surface area contributed by atoms with Crippen LogP contribution >= 0.6 is 10.3 Å². The van der Waals surface area contributed by atoms with E-state index in [1.54, 1.807) is 24.3 Å². The lowest BCUT2D eigenvalue weighted by atomic mass is 10.4. The fourth-order valence-electron chi connectivity index (χ4n) is 2.45. The summed E-state index contributed by atoms with van der Waals surface area (Å²) < 4.78 is 31.4. The van der Waals surface area contributed by atoms with Crippen LogP contribution in [0.5, 0.6) is 0 Å². The summed E-state index contributed by atoms with van der Waals surface area (Å²) in [5, 5.41) is 0. The Morgan fingerprint density at radius 2 is 1.22 bits per heavy atom. The second kappa shape index (κ2) is 10.4. The van der Waals surface area contributed by atoms with E-state index in [0.29, 0.717) is 0 Å². The lowest BCUT2D eigenvalue weighted by molar-refractivity contribution is 0.506. The normalized spacial score (nSPS) is 13.2. The average molecular weight is 361 g/mol. The van der Waals surface area contributed by atoms with Crippen LogP contribution in [0.15, 0.2) is 35.2 Å². The van der Waals surface area contributed by atoms with E-state index in [1.165, 1.54) is 0 Å². The number of hydrogen-bond acceptors (Lipinski definition) is 3. The highest BCUT2D eigenvalue weighted by Crippen LogP contribution is 2.53. The number of unbranched alkanes of at least 4 members (excludes halogenated alkanes) is 3. The molecule has 1 aromatic carbocycles. The van der Waals surface area contributed by atoms with Gasteiger partial charge in [-0.2, -0.15) is 8.42 Å². The molecule has 0 radical (unpaired) electrons. The van der Waals surface area contributed by atoms with Crippen LogP contribution in [0.25, 0.3) is 0 Å². The van der Waals surface area contributed by atoms with Crippen molar-refractivity contribution in [2.75, 3.05) is 17.3 Å². The van der Waals surface area contributed by atoms with Gasteiger partial charge in [0.05, 0.1) is 4.90 Å². The molecule has 0 atom stereocenters. The van der Waals surface area contributed by atoms with Crippen molar-refractivity contribution in [2.24, 2.45) is 0 Å². The second-order valence-corrected chi connectivity index (χ2v) is 11.1. The minimum Gasteiger partial charge on any atom is -0.216 e. The molecule has 0 bridgehead atoms. The van der Waals surface area contributed by atoms with E-state index in [4.69, 9.17) is 3.63 Å². The van der Waals surface area contributed by atoms with E-state index in [2.05, 4.69) is 20.8 Å². The molecule has 0 fully saturated rings. The highest BCUT2D eigenvalue weighted by molar-refractivity contribution is 8.33. The molecule has 0 saturated carbocycles. The van der Waals surface area contributed by atoms with Crippen molar-refractivity contribution in [2.45, 2.75) is 64.2 Å². The van der Waals surface area contributed by atoms with Crippen molar-refractivity contribution in [3.8, 4) is 0 Å². The van der Waals surface area contributed by atoms with Gasteiger partial charge in [-0.05, 0) is 31.4 Å². The van der Waals surface area contributed by atoms with E-state index in [1.807, 2.05) is 6.07 Å². The molecular weight excluding hydrogens is 328 g/mol. The van der Waals surface area contributed by atoms with Crippen molar-refractivity contribution in [1.82, 2.24) is 0 Å². The van der Waals surface area contributed by atoms with Crippen LogP contribution in [0.3, 0.4) is 0 Å². The third-order valence-corrected chi connectivity index (χ3v) is 9.69. The van der Waals surface area contributed by atoms with Crippen LogP contribution in [0, 0.1) is 0 Å². The van der Waals surface area contributed by atoms with E-state index in [9.17, 15) is 8.42 Å². The molecule has 0 aliphatic carbocycles. The lowest BCUT2D eigenvalue weighted by Crippen LogP contribution is -2.21. The van der Waals surface area contributed by atoms with Crippen molar-refractivity contribution in [3.63, 3.8) is 0 Å². The molecule has 0 amide bonds. The fraction of sp³-hybridized carbons (Fsp3) is 0.667. The second-order valence-electron chi connectivity index (χ2n) is 5.97. The van der Waals surface area contributed by atoms with Crippen molar-refractivity contribution >= 4 is 20.4 Å². The fourth-order valence-corrected chi connectivity index (χ4v) is 8.64. The summed E-state index contributed by atoms with van der Waals surface area (Å²) in [6.45, 7) is 6.45. The summed E-state index contributed by atoms with van der Waals surface area (Å²) >= 11 is 0. The predicted molar refractivity (Wildman–Crippen MR) is 102 cm³/mol. The molecule has 0 N–H and O–H groups in total. The third-order valence-electron chi connectivity index (χ3n) is 3.88. The smallest absolute Gasteiger partial charge is 0.216 e. The molecule has 0 unspecified atom stereocenters. The van der Waals surface area contributed by atoms with Gasteiger partial charge in [0.25, 0.3) is 0 Å². The quantitative estimate of drug-likeness (QED) is 0.493. The van der Waals surface area contributed by atoms with Crippen molar-refractivity contribution in [3.05, 3.63) is 30.3 Å². The first kappa shape index (κ1) is 20.5. The van der Waals surface area contributed by atoms with E-state index < -0.39 is 20.4 Å². The largest absolute Gasteiger partial charge is 0.306 e. The highest BCUT2D eigenvalue weighted by Gasteiger charge is 2.31. The first-order valence-electron chi connectivity index (χ1n) is 8.77. The van der Waals surface area contributed by atoms with Crippen LogP contribution in [-0.4, -0.2) is 25.7 Å². The van der Waals surface area contributed by atoms with Crippen molar-refractivity contribution in [1.29, 1.82) is 0 Å². The van der Waals surface area contributed by atoms with Gasteiger partial charge in [-0.25, -0.2) is 3.63 Å². The minimum atomic E-state index is -3.67. The van der Waals surface area contributed by atoms with Crippen LogP contribution in [0.1, 0.15) is 59.3 Å². The maximum Gasteiger partial charge on any atom is 0.306 e. The van der Waals surface area contributed by atoms with Gasteiger partial charge in [0.1, 0.15) is 0 Å². The number of benzene rings is 1. The van der Waals surface area contributed by atoms with E-state index in [0.717, 1.165) is 55.8 Å². The highest BCUT2D eigenvalue weighted by atomic mass is 32.3. The zero-order valence-corrected chi connectivity index (χ0v) is 16.4. The Kier molecular flexibility index (Phi) is 9.25. The Bertz CT molecular complexity index is 505. The Morgan fingerprint density at radius 3 is 1.61 bits per heavy atom. The molecule has 0 heterocycles. The van der Waals surface area contributed by atoms with Gasteiger partial charge in [-0.3, -0.25) is 0 Å². The van der Waals surface area contributed by atoms with Gasteiger partial charge in [0.15, 0.2) is 0 Å². The maximum absolute atomic E-state index is 12.7. The lowest BCUT2D eigenvalue weighted by Gasteiger charge is -2.38.